The summed E-state index contributed by atoms with van der Waals surface area (Å²) in [5.74, 6) is 0.718. The van der Waals surface area contributed by atoms with Crippen LogP contribution in [0.3, 0.4) is 0 Å². The molecule has 2 rings (SSSR count). The molecular formula is C16H24N3O4+. The topological polar surface area (TPSA) is 85.9 Å². The molecule has 1 unspecified atom stereocenters. The summed E-state index contributed by atoms with van der Waals surface area (Å²) in [5.41, 5.74) is 1.10. The number of quaternary nitrogens is 1. The fourth-order valence-corrected chi connectivity index (χ4v) is 3.09. The number of amides is 1. The molecule has 1 aliphatic rings. The van der Waals surface area contributed by atoms with Gasteiger partial charge in [0.1, 0.15) is 0 Å². The molecule has 7 nitrogen and oxygen atoms in total. The Bertz CT molecular complexity index is 603. The van der Waals surface area contributed by atoms with Crippen LogP contribution in [0, 0.1) is 23.0 Å². The summed E-state index contributed by atoms with van der Waals surface area (Å²) in [7, 11) is 1.38. The Balaban J connectivity index is 2.07. The Kier molecular flexibility index (Phi) is 5.54. The monoisotopic (exact) mass is 322 g/mol. The van der Waals surface area contributed by atoms with E-state index in [0.717, 1.165) is 19.5 Å². The van der Waals surface area contributed by atoms with Crippen LogP contribution in [-0.4, -0.2) is 37.6 Å². The first kappa shape index (κ1) is 17.2. The SMILES string of the molecule is COc1cc(NC(=O)C[NH+]2CCC[C@H](C)C2)c(C)cc1[N+](=O)[O-]. The first-order chi connectivity index (χ1) is 10.9. The fourth-order valence-electron chi connectivity index (χ4n) is 3.09. The van der Waals surface area contributed by atoms with Gasteiger partial charge < -0.3 is 15.0 Å². The molecule has 0 radical (unpaired) electrons. The highest BCUT2D eigenvalue weighted by molar-refractivity contribution is 5.92. The molecule has 7 heteroatoms. The predicted molar refractivity (Wildman–Crippen MR) is 87.0 cm³/mol. The van der Waals surface area contributed by atoms with Gasteiger partial charge in [0.05, 0.1) is 25.1 Å². The van der Waals surface area contributed by atoms with E-state index in [1.165, 1.54) is 30.6 Å². The van der Waals surface area contributed by atoms with Crippen molar-refractivity contribution in [3.8, 4) is 5.75 Å². The zero-order chi connectivity index (χ0) is 17.0. The van der Waals surface area contributed by atoms with Gasteiger partial charge in [-0.25, -0.2) is 0 Å². The highest BCUT2D eigenvalue weighted by atomic mass is 16.6. The van der Waals surface area contributed by atoms with E-state index in [1.54, 1.807) is 6.92 Å². The minimum atomic E-state index is -0.489. The first-order valence-electron chi connectivity index (χ1n) is 7.87. The molecule has 23 heavy (non-hydrogen) atoms. The lowest BCUT2D eigenvalue weighted by Crippen LogP contribution is -3.14. The Labute approximate surface area is 135 Å². The van der Waals surface area contributed by atoms with Crippen LogP contribution < -0.4 is 15.0 Å². The number of hydrogen-bond acceptors (Lipinski definition) is 4. The lowest BCUT2D eigenvalue weighted by molar-refractivity contribution is -0.900. The largest absolute Gasteiger partial charge is 0.490 e. The molecular weight excluding hydrogens is 298 g/mol. The van der Waals surface area contributed by atoms with E-state index < -0.39 is 4.92 Å². The van der Waals surface area contributed by atoms with Crippen molar-refractivity contribution in [1.82, 2.24) is 0 Å². The van der Waals surface area contributed by atoms with Gasteiger partial charge >= 0.3 is 5.69 Å². The van der Waals surface area contributed by atoms with E-state index in [-0.39, 0.29) is 17.3 Å². The molecule has 1 saturated heterocycles. The average Bonchev–Trinajstić information content (AvgIpc) is 2.48. The van der Waals surface area contributed by atoms with Crippen LogP contribution in [0.25, 0.3) is 0 Å². The van der Waals surface area contributed by atoms with Gasteiger partial charge in [0, 0.05) is 23.7 Å². The van der Waals surface area contributed by atoms with Gasteiger partial charge in [-0.1, -0.05) is 6.92 Å². The summed E-state index contributed by atoms with van der Waals surface area (Å²) in [6, 6.07) is 2.93. The minimum Gasteiger partial charge on any atom is -0.490 e. The van der Waals surface area contributed by atoms with Gasteiger partial charge in [0.15, 0.2) is 12.3 Å². The zero-order valence-corrected chi connectivity index (χ0v) is 13.8. The van der Waals surface area contributed by atoms with Gasteiger partial charge in [0.25, 0.3) is 5.91 Å². The van der Waals surface area contributed by atoms with Gasteiger partial charge in [-0.15, -0.1) is 0 Å². The number of carbonyl (C=O) groups is 1. The highest BCUT2D eigenvalue weighted by Gasteiger charge is 2.23. The summed E-state index contributed by atoms with van der Waals surface area (Å²) in [6.45, 7) is 6.39. The fraction of sp³-hybridized carbons (Fsp3) is 0.562. The van der Waals surface area contributed by atoms with Gasteiger partial charge in [-0.2, -0.15) is 0 Å². The number of benzene rings is 1. The van der Waals surface area contributed by atoms with E-state index in [1.807, 2.05) is 0 Å². The molecule has 1 fully saturated rings. The number of aryl methyl sites for hydroxylation is 1. The number of hydrogen-bond donors (Lipinski definition) is 2. The number of rotatable bonds is 5. The molecule has 0 bridgehead atoms. The van der Waals surface area contributed by atoms with Gasteiger partial charge in [0.2, 0.25) is 0 Å². The third-order valence-corrected chi connectivity index (χ3v) is 4.27. The van der Waals surface area contributed by atoms with Crippen LogP contribution in [0.4, 0.5) is 11.4 Å². The second-order valence-corrected chi connectivity index (χ2v) is 6.27. The number of nitrogens with one attached hydrogen (secondary N) is 2. The number of nitrogens with zero attached hydrogens (tertiary/aromatic N) is 1. The van der Waals surface area contributed by atoms with E-state index in [0.29, 0.717) is 23.7 Å². The van der Waals surface area contributed by atoms with Crippen molar-refractivity contribution in [3.63, 3.8) is 0 Å². The van der Waals surface area contributed by atoms with Crippen molar-refractivity contribution >= 4 is 17.3 Å². The number of ether oxygens (including phenoxy) is 1. The number of carbonyl (C=O) groups excluding carboxylic acids is 1. The molecule has 1 amide bonds. The maximum absolute atomic E-state index is 12.3. The van der Waals surface area contributed by atoms with E-state index in [2.05, 4.69) is 12.2 Å². The van der Waals surface area contributed by atoms with Crippen LogP contribution in [0.1, 0.15) is 25.3 Å². The minimum absolute atomic E-state index is 0.0758. The van der Waals surface area contributed by atoms with Crippen molar-refractivity contribution in [2.24, 2.45) is 5.92 Å². The molecule has 1 heterocycles. The quantitative estimate of drug-likeness (QED) is 0.629. The third kappa shape index (κ3) is 4.41. The normalized spacial score (nSPS) is 20.8. The first-order valence-corrected chi connectivity index (χ1v) is 7.87. The molecule has 0 spiro atoms. The number of piperidine rings is 1. The summed E-state index contributed by atoms with van der Waals surface area (Å²) in [4.78, 5) is 24.0. The molecule has 1 aromatic carbocycles. The van der Waals surface area contributed by atoms with Crippen molar-refractivity contribution in [1.29, 1.82) is 0 Å². The molecule has 1 aromatic rings. The van der Waals surface area contributed by atoms with Crippen molar-refractivity contribution < 1.29 is 19.4 Å². The number of nitro groups is 1. The lowest BCUT2D eigenvalue weighted by Gasteiger charge is -2.27. The Hall–Kier alpha value is -2.15. The maximum Gasteiger partial charge on any atom is 0.311 e. The third-order valence-electron chi connectivity index (χ3n) is 4.27. The van der Waals surface area contributed by atoms with Crippen LogP contribution in [0.2, 0.25) is 0 Å². The molecule has 126 valence electrons. The van der Waals surface area contributed by atoms with Crippen LogP contribution in [-0.2, 0) is 4.79 Å². The summed E-state index contributed by atoms with van der Waals surface area (Å²) < 4.78 is 5.05. The van der Waals surface area contributed by atoms with Crippen LogP contribution in [0.5, 0.6) is 5.75 Å². The molecule has 2 N–H and O–H groups in total. The lowest BCUT2D eigenvalue weighted by atomic mass is 10.0. The predicted octanol–water partition coefficient (Wildman–Crippen LogP) is 1.17. The molecule has 0 saturated carbocycles. The van der Waals surface area contributed by atoms with Crippen LogP contribution in [0.15, 0.2) is 12.1 Å². The van der Waals surface area contributed by atoms with E-state index >= 15 is 0 Å². The Morgan fingerprint density at radius 2 is 2.26 bits per heavy atom. The number of nitro benzene ring substituents is 1. The highest BCUT2D eigenvalue weighted by Crippen LogP contribution is 2.32. The second-order valence-electron chi connectivity index (χ2n) is 6.27. The van der Waals surface area contributed by atoms with E-state index in [9.17, 15) is 14.9 Å². The smallest absolute Gasteiger partial charge is 0.311 e. The molecule has 2 atom stereocenters. The van der Waals surface area contributed by atoms with E-state index in [4.69, 9.17) is 4.74 Å². The molecule has 0 aliphatic carbocycles. The molecule has 0 aromatic heterocycles. The van der Waals surface area contributed by atoms with Gasteiger partial charge in [-0.05, 0) is 25.3 Å². The number of likely N-dealkylation sites (tertiary alicyclic amines) is 1. The van der Waals surface area contributed by atoms with Gasteiger partial charge in [-0.3, -0.25) is 14.9 Å². The Morgan fingerprint density at radius 1 is 1.52 bits per heavy atom. The Morgan fingerprint density at radius 3 is 2.87 bits per heavy atom. The summed E-state index contributed by atoms with van der Waals surface area (Å²) >= 11 is 0. The van der Waals surface area contributed by atoms with Crippen molar-refractivity contribution in [2.45, 2.75) is 26.7 Å². The zero-order valence-electron chi connectivity index (χ0n) is 13.8. The summed E-state index contributed by atoms with van der Waals surface area (Å²) in [6.07, 6.45) is 2.37. The standard InChI is InChI=1S/C16H23N3O4/c1-11-5-4-6-18(9-11)10-16(20)17-13-8-15(23-3)14(19(21)22)7-12(13)2/h7-8,11H,4-6,9-10H2,1-3H3,(H,17,20)/p+1/t11-/m0/s1. The molecule has 1 aliphatic heterocycles. The number of anilines is 1. The summed E-state index contributed by atoms with van der Waals surface area (Å²) in [5, 5.41) is 13.8. The van der Waals surface area contributed by atoms with Crippen LogP contribution >= 0.6 is 0 Å². The van der Waals surface area contributed by atoms with Crippen molar-refractivity contribution in [3.05, 3.63) is 27.8 Å². The second kappa shape index (κ2) is 7.41. The number of methoxy groups -OCH3 is 1. The maximum atomic E-state index is 12.3. The average molecular weight is 322 g/mol. The van der Waals surface area contributed by atoms with Crippen molar-refractivity contribution in [2.75, 3.05) is 32.1 Å².